The molecule has 0 saturated carbocycles. The summed E-state index contributed by atoms with van der Waals surface area (Å²) in [6, 6.07) is 4.38. The Hall–Kier alpha value is -1.62. The molecule has 2 heterocycles. The molecule has 1 aliphatic rings. The van der Waals surface area contributed by atoms with Gasteiger partial charge in [0.15, 0.2) is 0 Å². The Morgan fingerprint density at radius 1 is 1.07 bits per heavy atom. The van der Waals surface area contributed by atoms with Gasteiger partial charge in [0.1, 0.15) is 17.5 Å². The molecule has 0 saturated heterocycles. The van der Waals surface area contributed by atoms with E-state index in [1.54, 1.807) is 0 Å². The zero-order valence-corrected chi connectivity index (χ0v) is 18.6. The molecule has 1 aromatic heterocycles. The van der Waals surface area contributed by atoms with Gasteiger partial charge in [0.2, 0.25) is 0 Å². The SMILES string of the molecule is CCCCCCNc1nc(C)nc2c1CCCN2c1c(C)cc(Br)cc1C. The molecule has 5 heteroatoms. The summed E-state index contributed by atoms with van der Waals surface area (Å²) in [6.45, 7) is 10.6. The minimum atomic E-state index is 0.837. The summed E-state index contributed by atoms with van der Waals surface area (Å²) < 4.78 is 1.13. The first-order chi connectivity index (χ1) is 13.0. The fourth-order valence-electron chi connectivity index (χ4n) is 4.01. The minimum Gasteiger partial charge on any atom is -0.370 e. The van der Waals surface area contributed by atoms with Crippen molar-refractivity contribution in [3.8, 4) is 0 Å². The van der Waals surface area contributed by atoms with Gasteiger partial charge in [-0.2, -0.15) is 0 Å². The van der Waals surface area contributed by atoms with Crippen LogP contribution in [0.5, 0.6) is 0 Å². The molecule has 0 atom stereocenters. The van der Waals surface area contributed by atoms with Crippen molar-refractivity contribution in [2.24, 2.45) is 0 Å². The van der Waals surface area contributed by atoms with Crippen LogP contribution in [-0.4, -0.2) is 23.1 Å². The Kier molecular flexibility index (Phi) is 6.74. The summed E-state index contributed by atoms with van der Waals surface area (Å²) in [4.78, 5) is 12.0. The predicted octanol–water partition coefficient (Wildman–Crippen LogP) is 6.24. The third-order valence-corrected chi connectivity index (χ3v) is 5.67. The summed E-state index contributed by atoms with van der Waals surface area (Å²) >= 11 is 3.62. The topological polar surface area (TPSA) is 41.1 Å². The van der Waals surface area contributed by atoms with Crippen molar-refractivity contribution in [2.75, 3.05) is 23.3 Å². The van der Waals surface area contributed by atoms with Gasteiger partial charge in [0.25, 0.3) is 0 Å². The first kappa shape index (κ1) is 20.1. The lowest BCUT2D eigenvalue weighted by atomic mass is 10.0. The number of aromatic nitrogens is 2. The number of nitrogens with one attached hydrogen (secondary N) is 1. The maximum atomic E-state index is 4.86. The molecule has 0 spiro atoms. The van der Waals surface area contributed by atoms with Crippen molar-refractivity contribution in [2.45, 2.75) is 66.2 Å². The van der Waals surface area contributed by atoms with E-state index in [0.29, 0.717) is 0 Å². The van der Waals surface area contributed by atoms with Crippen LogP contribution in [0.25, 0.3) is 0 Å². The van der Waals surface area contributed by atoms with E-state index in [4.69, 9.17) is 9.97 Å². The molecule has 0 fully saturated rings. The molecule has 0 amide bonds. The molecule has 1 N–H and O–H groups in total. The van der Waals surface area contributed by atoms with E-state index in [2.05, 4.69) is 59.1 Å². The molecule has 27 heavy (non-hydrogen) atoms. The summed E-state index contributed by atoms with van der Waals surface area (Å²) in [6.07, 6.45) is 7.21. The van der Waals surface area contributed by atoms with Gasteiger partial charge >= 0.3 is 0 Å². The maximum absolute atomic E-state index is 4.86. The van der Waals surface area contributed by atoms with Crippen molar-refractivity contribution in [1.82, 2.24) is 9.97 Å². The highest BCUT2D eigenvalue weighted by Gasteiger charge is 2.26. The highest BCUT2D eigenvalue weighted by Crippen LogP contribution is 2.39. The van der Waals surface area contributed by atoms with Gasteiger partial charge in [-0.3, -0.25) is 0 Å². The van der Waals surface area contributed by atoms with E-state index >= 15 is 0 Å². The fourth-order valence-corrected chi connectivity index (χ4v) is 4.69. The number of halogens is 1. The third-order valence-electron chi connectivity index (χ3n) is 5.21. The lowest BCUT2D eigenvalue weighted by molar-refractivity contribution is 0.682. The highest BCUT2D eigenvalue weighted by molar-refractivity contribution is 9.10. The van der Waals surface area contributed by atoms with Gasteiger partial charge in [-0.05, 0) is 63.3 Å². The number of aryl methyl sites for hydroxylation is 3. The van der Waals surface area contributed by atoms with Crippen LogP contribution in [0.2, 0.25) is 0 Å². The summed E-state index contributed by atoms with van der Waals surface area (Å²) in [5.41, 5.74) is 5.11. The Bertz CT molecular complexity index is 780. The second-order valence-corrected chi connectivity index (χ2v) is 8.47. The van der Waals surface area contributed by atoms with Gasteiger partial charge in [-0.25, -0.2) is 9.97 Å². The normalized spacial score (nSPS) is 13.6. The fraction of sp³-hybridized carbons (Fsp3) is 0.545. The number of unbranched alkanes of at least 4 members (excludes halogenated alkanes) is 3. The lowest BCUT2D eigenvalue weighted by Gasteiger charge is -2.33. The van der Waals surface area contributed by atoms with Crippen LogP contribution in [0.15, 0.2) is 16.6 Å². The van der Waals surface area contributed by atoms with Crippen molar-refractivity contribution in [1.29, 1.82) is 0 Å². The molecule has 4 nitrogen and oxygen atoms in total. The first-order valence-corrected chi connectivity index (χ1v) is 11.0. The van der Waals surface area contributed by atoms with Crippen LogP contribution in [0, 0.1) is 20.8 Å². The van der Waals surface area contributed by atoms with Crippen LogP contribution in [0.1, 0.15) is 61.5 Å². The van der Waals surface area contributed by atoms with E-state index in [1.165, 1.54) is 48.1 Å². The molecule has 1 aliphatic heterocycles. The van der Waals surface area contributed by atoms with Crippen LogP contribution in [0.3, 0.4) is 0 Å². The van der Waals surface area contributed by atoms with E-state index in [9.17, 15) is 0 Å². The lowest BCUT2D eigenvalue weighted by Crippen LogP contribution is -2.28. The highest BCUT2D eigenvalue weighted by atomic mass is 79.9. The van der Waals surface area contributed by atoms with Crippen molar-refractivity contribution >= 4 is 33.3 Å². The van der Waals surface area contributed by atoms with E-state index in [0.717, 1.165) is 47.9 Å². The van der Waals surface area contributed by atoms with Crippen molar-refractivity contribution < 1.29 is 0 Å². The first-order valence-electron chi connectivity index (χ1n) is 10.2. The standard InChI is InChI=1S/C22H31BrN4/c1-5-6-7-8-11-24-21-19-10-9-12-27(22(19)26-17(4)25-21)20-15(2)13-18(23)14-16(20)3/h13-14H,5-12H2,1-4H3,(H,24,25,26). The minimum absolute atomic E-state index is 0.837. The monoisotopic (exact) mass is 430 g/mol. The summed E-state index contributed by atoms with van der Waals surface area (Å²) in [7, 11) is 0. The maximum Gasteiger partial charge on any atom is 0.142 e. The number of rotatable bonds is 7. The third kappa shape index (κ3) is 4.63. The average molecular weight is 431 g/mol. The van der Waals surface area contributed by atoms with Gasteiger partial charge in [0.05, 0.1) is 0 Å². The quantitative estimate of drug-likeness (QED) is 0.527. The van der Waals surface area contributed by atoms with Gasteiger partial charge in [0, 0.05) is 28.8 Å². The molecule has 0 radical (unpaired) electrons. The summed E-state index contributed by atoms with van der Waals surface area (Å²) in [5.74, 6) is 2.95. The Balaban J connectivity index is 1.92. The van der Waals surface area contributed by atoms with Crippen LogP contribution < -0.4 is 10.2 Å². The molecular formula is C22H31BrN4. The number of fused-ring (bicyclic) bond motifs is 1. The van der Waals surface area contributed by atoms with Crippen LogP contribution >= 0.6 is 15.9 Å². The Morgan fingerprint density at radius 2 is 1.81 bits per heavy atom. The zero-order chi connectivity index (χ0) is 19.4. The summed E-state index contributed by atoms with van der Waals surface area (Å²) in [5, 5.41) is 3.60. The van der Waals surface area contributed by atoms with Gasteiger partial charge < -0.3 is 10.2 Å². The average Bonchev–Trinajstić information content (AvgIpc) is 2.61. The molecule has 2 aromatic rings. The second-order valence-electron chi connectivity index (χ2n) is 7.55. The van der Waals surface area contributed by atoms with Crippen LogP contribution in [0.4, 0.5) is 17.3 Å². The molecule has 146 valence electrons. The predicted molar refractivity (Wildman–Crippen MR) is 118 cm³/mol. The largest absolute Gasteiger partial charge is 0.370 e. The number of hydrogen-bond acceptors (Lipinski definition) is 4. The van der Waals surface area contributed by atoms with E-state index in [1.807, 2.05) is 6.92 Å². The smallest absolute Gasteiger partial charge is 0.142 e. The molecule has 0 unspecified atom stereocenters. The molecule has 0 bridgehead atoms. The Labute approximate surface area is 171 Å². The zero-order valence-electron chi connectivity index (χ0n) is 17.0. The number of benzene rings is 1. The van der Waals surface area contributed by atoms with Crippen molar-refractivity contribution in [3.05, 3.63) is 39.1 Å². The van der Waals surface area contributed by atoms with Gasteiger partial charge in [-0.15, -0.1) is 0 Å². The number of hydrogen-bond donors (Lipinski definition) is 1. The molecule has 1 aromatic carbocycles. The molecule has 3 rings (SSSR count). The number of anilines is 3. The molecular weight excluding hydrogens is 400 g/mol. The van der Waals surface area contributed by atoms with E-state index < -0.39 is 0 Å². The number of nitrogens with zero attached hydrogens (tertiary/aromatic N) is 3. The van der Waals surface area contributed by atoms with E-state index in [-0.39, 0.29) is 0 Å². The van der Waals surface area contributed by atoms with Gasteiger partial charge in [-0.1, -0.05) is 42.1 Å². The van der Waals surface area contributed by atoms with Crippen LogP contribution in [-0.2, 0) is 6.42 Å². The molecule has 0 aliphatic carbocycles. The van der Waals surface area contributed by atoms with Crippen molar-refractivity contribution in [3.63, 3.8) is 0 Å². The Morgan fingerprint density at radius 3 is 2.52 bits per heavy atom. The second kappa shape index (κ2) is 9.05.